The zero-order valence-electron chi connectivity index (χ0n) is 9.22. The molecule has 0 bridgehead atoms. The smallest absolute Gasteiger partial charge is 0.252 e. The van der Waals surface area contributed by atoms with Crippen LogP contribution in [0.5, 0.6) is 0 Å². The van der Waals surface area contributed by atoms with Crippen LogP contribution in [0.3, 0.4) is 0 Å². The first-order valence-electron chi connectivity index (χ1n) is 5.32. The van der Waals surface area contributed by atoms with Gasteiger partial charge in [-0.25, -0.2) is 8.42 Å². The largest absolute Gasteiger partial charge is 0.330 e. The summed E-state index contributed by atoms with van der Waals surface area (Å²) in [5, 5.41) is 0. The van der Waals surface area contributed by atoms with E-state index in [1.54, 1.807) is 13.1 Å². The first-order valence-corrected chi connectivity index (χ1v) is 7.58. The van der Waals surface area contributed by atoms with Crippen molar-refractivity contribution in [1.82, 2.24) is 4.31 Å². The van der Waals surface area contributed by atoms with Gasteiger partial charge in [0.25, 0.3) is 10.0 Å². The topological polar surface area (TPSA) is 63.4 Å². The number of hydrogen-bond donors (Lipinski definition) is 1. The van der Waals surface area contributed by atoms with E-state index in [2.05, 4.69) is 0 Å². The highest BCUT2D eigenvalue weighted by molar-refractivity contribution is 7.91. The molecular weight excluding hydrogens is 244 g/mol. The number of thiophene rings is 1. The molecule has 0 spiro atoms. The Morgan fingerprint density at radius 2 is 2.19 bits per heavy atom. The van der Waals surface area contributed by atoms with Gasteiger partial charge in [0.1, 0.15) is 4.21 Å². The highest BCUT2D eigenvalue weighted by Crippen LogP contribution is 2.32. The second-order valence-corrected chi connectivity index (χ2v) is 7.40. The van der Waals surface area contributed by atoms with Crippen molar-refractivity contribution in [3.05, 3.63) is 17.0 Å². The van der Waals surface area contributed by atoms with Crippen LogP contribution >= 0.6 is 11.3 Å². The number of nitrogens with two attached hydrogens (primary N) is 1. The van der Waals surface area contributed by atoms with Crippen LogP contribution < -0.4 is 5.73 Å². The minimum atomic E-state index is -3.26. The molecule has 2 N–H and O–H groups in total. The number of rotatable bonds is 5. The Hall–Kier alpha value is -0.430. The summed E-state index contributed by atoms with van der Waals surface area (Å²) in [7, 11) is -1.60. The molecule has 0 unspecified atom stereocenters. The Kier molecular flexibility index (Phi) is 3.34. The van der Waals surface area contributed by atoms with Crippen molar-refractivity contribution < 1.29 is 8.42 Å². The molecule has 1 aliphatic carbocycles. The molecule has 1 aromatic heterocycles. The van der Waals surface area contributed by atoms with Gasteiger partial charge in [0.2, 0.25) is 0 Å². The second-order valence-electron chi connectivity index (χ2n) is 4.01. The molecule has 2 rings (SSSR count). The van der Waals surface area contributed by atoms with E-state index in [4.69, 9.17) is 5.73 Å². The summed E-state index contributed by atoms with van der Waals surface area (Å²) in [6, 6.07) is 3.75. The van der Waals surface area contributed by atoms with Gasteiger partial charge >= 0.3 is 0 Å². The highest BCUT2D eigenvalue weighted by Gasteiger charge is 2.35. The minimum Gasteiger partial charge on any atom is -0.330 e. The van der Waals surface area contributed by atoms with Gasteiger partial charge in [0.05, 0.1) is 0 Å². The predicted molar refractivity (Wildman–Crippen MR) is 65.0 cm³/mol. The van der Waals surface area contributed by atoms with E-state index in [0.717, 1.165) is 24.1 Å². The third-order valence-electron chi connectivity index (χ3n) is 2.72. The number of nitrogens with zero attached hydrogens (tertiary/aromatic N) is 1. The maximum atomic E-state index is 12.1. The summed E-state index contributed by atoms with van der Waals surface area (Å²) in [6.07, 6.45) is 2.71. The maximum Gasteiger partial charge on any atom is 0.252 e. The molecule has 1 aliphatic rings. The number of sulfonamides is 1. The lowest BCUT2D eigenvalue weighted by Crippen LogP contribution is -2.28. The summed E-state index contributed by atoms with van der Waals surface area (Å²) in [5.41, 5.74) is 5.44. The fourth-order valence-electron chi connectivity index (χ4n) is 1.55. The van der Waals surface area contributed by atoms with Crippen molar-refractivity contribution in [2.75, 3.05) is 13.6 Å². The van der Waals surface area contributed by atoms with Crippen LogP contribution in [0.2, 0.25) is 0 Å². The Bertz CT molecular complexity index is 463. The van der Waals surface area contributed by atoms with E-state index >= 15 is 0 Å². The van der Waals surface area contributed by atoms with Crippen LogP contribution in [0.1, 0.15) is 17.7 Å². The van der Waals surface area contributed by atoms with Gasteiger partial charge in [-0.1, -0.05) is 0 Å². The molecule has 6 heteroatoms. The lowest BCUT2D eigenvalue weighted by Gasteiger charge is -2.14. The molecule has 0 aliphatic heterocycles. The molecule has 1 heterocycles. The molecule has 0 saturated heterocycles. The summed E-state index contributed by atoms with van der Waals surface area (Å²) < 4.78 is 26.2. The molecule has 0 amide bonds. The molecule has 4 nitrogen and oxygen atoms in total. The van der Waals surface area contributed by atoms with Gasteiger partial charge in [-0.2, -0.15) is 4.31 Å². The van der Waals surface area contributed by atoms with Crippen LogP contribution in [0.15, 0.2) is 16.3 Å². The zero-order valence-corrected chi connectivity index (χ0v) is 10.9. The van der Waals surface area contributed by atoms with Crippen molar-refractivity contribution in [2.45, 2.75) is 29.5 Å². The molecule has 16 heavy (non-hydrogen) atoms. The Morgan fingerprint density at radius 1 is 1.50 bits per heavy atom. The first-order chi connectivity index (χ1) is 7.55. The normalized spacial score (nSPS) is 16.9. The molecule has 1 fully saturated rings. The third-order valence-corrected chi connectivity index (χ3v) is 6.24. The molecule has 0 atom stereocenters. The Labute approximate surface area is 100 Å². The van der Waals surface area contributed by atoms with Gasteiger partial charge in [-0.05, 0) is 37.9 Å². The fraction of sp³-hybridized carbons (Fsp3) is 0.600. The fourth-order valence-corrected chi connectivity index (χ4v) is 4.52. The molecule has 90 valence electrons. The van der Waals surface area contributed by atoms with Gasteiger partial charge in [0, 0.05) is 18.0 Å². The van der Waals surface area contributed by atoms with Gasteiger partial charge < -0.3 is 5.73 Å². The highest BCUT2D eigenvalue weighted by atomic mass is 32.2. The van der Waals surface area contributed by atoms with Crippen molar-refractivity contribution in [1.29, 1.82) is 0 Å². The van der Waals surface area contributed by atoms with Gasteiger partial charge in [0.15, 0.2) is 0 Å². The van der Waals surface area contributed by atoms with Crippen molar-refractivity contribution in [2.24, 2.45) is 5.73 Å². The molecule has 1 aromatic rings. The maximum absolute atomic E-state index is 12.1. The molecule has 1 saturated carbocycles. The van der Waals surface area contributed by atoms with E-state index in [1.165, 1.54) is 15.6 Å². The van der Waals surface area contributed by atoms with Crippen molar-refractivity contribution in [3.8, 4) is 0 Å². The van der Waals surface area contributed by atoms with Crippen LogP contribution in [0.4, 0.5) is 0 Å². The van der Waals surface area contributed by atoms with E-state index in [0.29, 0.717) is 10.8 Å². The minimum absolute atomic E-state index is 0.213. The summed E-state index contributed by atoms with van der Waals surface area (Å²) in [4.78, 5) is 1.03. The standard InChI is InChI=1S/C10H16N2O2S2/c1-12(8-2-3-8)16(13,14)10-5-4-9(15-10)6-7-11/h4-5,8H,2-3,6-7,11H2,1H3. The van der Waals surface area contributed by atoms with E-state index in [9.17, 15) is 8.42 Å². The molecular formula is C10H16N2O2S2. The summed E-state index contributed by atoms with van der Waals surface area (Å²) in [5.74, 6) is 0. The lowest BCUT2D eigenvalue weighted by molar-refractivity contribution is 0.466. The van der Waals surface area contributed by atoms with E-state index < -0.39 is 10.0 Å². The van der Waals surface area contributed by atoms with E-state index in [1.807, 2.05) is 6.07 Å². The van der Waals surface area contributed by atoms with Crippen LogP contribution in [-0.2, 0) is 16.4 Å². The van der Waals surface area contributed by atoms with Crippen LogP contribution in [0, 0.1) is 0 Å². The zero-order chi connectivity index (χ0) is 11.8. The first kappa shape index (κ1) is 12.0. The van der Waals surface area contributed by atoms with Crippen LogP contribution in [-0.4, -0.2) is 32.4 Å². The van der Waals surface area contributed by atoms with Crippen molar-refractivity contribution in [3.63, 3.8) is 0 Å². The molecule has 0 aromatic carbocycles. The average Bonchev–Trinajstić information content (AvgIpc) is 2.98. The Balaban J connectivity index is 2.21. The number of hydrogen-bond acceptors (Lipinski definition) is 4. The van der Waals surface area contributed by atoms with Crippen LogP contribution in [0.25, 0.3) is 0 Å². The predicted octanol–water partition coefficient (Wildman–Crippen LogP) is 1.03. The summed E-state index contributed by atoms with van der Waals surface area (Å²) >= 11 is 1.33. The lowest BCUT2D eigenvalue weighted by atomic mass is 10.3. The SMILES string of the molecule is CN(C1CC1)S(=O)(=O)c1ccc(CCN)s1. The van der Waals surface area contributed by atoms with Crippen molar-refractivity contribution >= 4 is 21.4 Å². The van der Waals surface area contributed by atoms with Gasteiger partial charge in [-0.15, -0.1) is 11.3 Å². The average molecular weight is 260 g/mol. The quantitative estimate of drug-likeness (QED) is 0.860. The molecule has 0 radical (unpaired) electrons. The Morgan fingerprint density at radius 3 is 2.75 bits per heavy atom. The summed E-state index contributed by atoms with van der Waals surface area (Å²) in [6.45, 7) is 0.554. The second kappa shape index (κ2) is 4.44. The van der Waals surface area contributed by atoms with Gasteiger partial charge in [-0.3, -0.25) is 0 Å². The van der Waals surface area contributed by atoms with E-state index in [-0.39, 0.29) is 6.04 Å². The monoisotopic (exact) mass is 260 g/mol. The third kappa shape index (κ3) is 2.29.